The highest BCUT2D eigenvalue weighted by Gasteiger charge is 2.13. The topological polar surface area (TPSA) is 63.1 Å². The number of nitrogens with zero attached hydrogens (tertiary/aromatic N) is 1. The summed E-state index contributed by atoms with van der Waals surface area (Å²) >= 11 is 0. The number of rotatable bonds is 5. The number of furan rings is 1. The number of ether oxygens (including phenoxy) is 1. The predicted octanol–water partition coefficient (Wildman–Crippen LogP) is 3.02. The molecule has 5 nitrogen and oxygen atoms in total. The molecule has 0 saturated heterocycles. The van der Waals surface area contributed by atoms with E-state index in [0.717, 1.165) is 34.7 Å². The van der Waals surface area contributed by atoms with Gasteiger partial charge in [0.25, 0.3) is 0 Å². The fourth-order valence-electron chi connectivity index (χ4n) is 2.18. The molecule has 0 aliphatic heterocycles. The van der Waals surface area contributed by atoms with Crippen molar-refractivity contribution in [1.29, 1.82) is 0 Å². The molecular weight excluding hydrogens is 254 g/mol. The third-order valence-corrected chi connectivity index (χ3v) is 3.33. The van der Waals surface area contributed by atoms with Crippen LogP contribution in [0.1, 0.15) is 24.4 Å². The molecule has 5 heteroatoms. The number of methoxy groups -OCH3 is 1. The van der Waals surface area contributed by atoms with Crippen LogP contribution in [0.2, 0.25) is 0 Å². The van der Waals surface area contributed by atoms with E-state index in [1.54, 1.807) is 19.6 Å². The third-order valence-electron chi connectivity index (χ3n) is 3.33. The van der Waals surface area contributed by atoms with Crippen molar-refractivity contribution < 1.29 is 9.15 Å². The molecule has 0 saturated carbocycles. The predicted molar refractivity (Wildman–Crippen MR) is 76.6 cm³/mol. The standard InChI is InChI=1S/C15H17N3O2/c1-10(17-8-12-7-16-9-18-12)14-6-11-4-3-5-13(19-2)15(11)20-14/h3-7,9-10,17H,8H2,1-2H3,(H,16,18). The van der Waals surface area contributed by atoms with Gasteiger partial charge in [-0.15, -0.1) is 0 Å². The van der Waals surface area contributed by atoms with Crippen molar-refractivity contribution in [2.75, 3.05) is 7.11 Å². The lowest BCUT2D eigenvalue weighted by molar-refractivity contribution is 0.399. The van der Waals surface area contributed by atoms with Gasteiger partial charge in [0.05, 0.1) is 19.5 Å². The molecule has 0 aliphatic carbocycles. The minimum atomic E-state index is 0.107. The summed E-state index contributed by atoms with van der Waals surface area (Å²) in [6.07, 6.45) is 3.48. The number of fused-ring (bicyclic) bond motifs is 1. The van der Waals surface area contributed by atoms with Crippen molar-refractivity contribution in [3.8, 4) is 5.75 Å². The van der Waals surface area contributed by atoms with E-state index in [9.17, 15) is 0 Å². The summed E-state index contributed by atoms with van der Waals surface area (Å²) in [5.74, 6) is 1.65. The molecule has 2 heterocycles. The van der Waals surface area contributed by atoms with E-state index < -0.39 is 0 Å². The van der Waals surface area contributed by atoms with Crippen LogP contribution < -0.4 is 10.1 Å². The number of aromatic amines is 1. The minimum absolute atomic E-state index is 0.107. The van der Waals surface area contributed by atoms with E-state index in [4.69, 9.17) is 9.15 Å². The van der Waals surface area contributed by atoms with Gasteiger partial charge in [-0.25, -0.2) is 4.98 Å². The Hall–Kier alpha value is -2.27. The van der Waals surface area contributed by atoms with Gasteiger partial charge in [0.15, 0.2) is 11.3 Å². The molecule has 104 valence electrons. The van der Waals surface area contributed by atoms with Gasteiger partial charge in [-0.3, -0.25) is 0 Å². The summed E-state index contributed by atoms with van der Waals surface area (Å²) in [6, 6.07) is 8.03. The van der Waals surface area contributed by atoms with Gasteiger partial charge in [0, 0.05) is 23.8 Å². The summed E-state index contributed by atoms with van der Waals surface area (Å²) in [4.78, 5) is 7.06. The van der Waals surface area contributed by atoms with Gasteiger partial charge in [0.1, 0.15) is 5.76 Å². The average Bonchev–Trinajstić information content (AvgIpc) is 3.12. The SMILES string of the molecule is COc1cccc2cc(C(C)NCc3cnc[nH]3)oc12. The number of hydrogen-bond acceptors (Lipinski definition) is 4. The zero-order chi connectivity index (χ0) is 13.9. The molecule has 0 aliphatic rings. The maximum absolute atomic E-state index is 5.91. The van der Waals surface area contributed by atoms with Gasteiger partial charge in [-0.05, 0) is 19.1 Å². The van der Waals surface area contributed by atoms with Crippen molar-refractivity contribution in [3.63, 3.8) is 0 Å². The Labute approximate surface area is 117 Å². The van der Waals surface area contributed by atoms with Crippen molar-refractivity contribution in [1.82, 2.24) is 15.3 Å². The molecular formula is C15H17N3O2. The minimum Gasteiger partial charge on any atom is -0.493 e. The number of aromatic nitrogens is 2. The first kappa shape index (κ1) is 12.7. The number of benzene rings is 1. The Kier molecular flexibility index (Phi) is 3.43. The number of hydrogen-bond donors (Lipinski definition) is 2. The Morgan fingerprint density at radius 3 is 3.10 bits per heavy atom. The molecule has 1 unspecified atom stereocenters. The molecule has 1 aromatic carbocycles. The average molecular weight is 271 g/mol. The lowest BCUT2D eigenvalue weighted by Gasteiger charge is -2.09. The lowest BCUT2D eigenvalue weighted by atomic mass is 10.2. The monoisotopic (exact) mass is 271 g/mol. The molecule has 1 atom stereocenters. The lowest BCUT2D eigenvalue weighted by Crippen LogP contribution is -2.17. The fourth-order valence-corrected chi connectivity index (χ4v) is 2.18. The smallest absolute Gasteiger partial charge is 0.176 e. The highest BCUT2D eigenvalue weighted by atomic mass is 16.5. The molecule has 3 rings (SSSR count). The van der Waals surface area contributed by atoms with Crippen molar-refractivity contribution in [2.45, 2.75) is 19.5 Å². The zero-order valence-corrected chi connectivity index (χ0v) is 11.5. The Morgan fingerprint density at radius 2 is 2.35 bits per heavy atom. The van der Waals surface area contributed by atoms with E-state index in [1.165, 1.54) is 0 Å². The maximum Gasteiger partial charge on any atom is 0.176 e. The van der Waals surface area contributed by atoms with Crippen molar-refractivity contribution in [3.05, 3.63) is 48.2 Å². The molecule has 0 amide bonds. The maximum atomic E-state index is 5.91. The summed E-state index contributed by atoms with van der Waals surface area (Å²) in [5, 5.41) is 4.44. The van der Waals surface area contributed by atoms with Crippen LogP contribution in [-0.2, 0) is 6.54 Å². The molecule has 0 radical (unpaired) electrons. The number of nitrogens with one attached hydrogen (secondary N) is 2. The van der Waals surface area contributed by atoms with Crippen molar-refractivity contribution in [2.24, 2.45) is 0 Å². The normalized spacial score (nSPS) is 12.7. The second-order valence-electron chi connectivity index (χ2n) is 4.71. The summed E-state index contributed by atoms with van der Waals surface area (Å²) in [6.45, 7) is 2.79. The highest BCUT2D eigenvalue weighted by molar-refractivity contribution is 5.83. The molecule has 2 aromatic heterocycles. The van der Waals surface area contributed by atoms with E-state index in [-0.39, 0.29) is 6.04 Å². The second-order valence-corrected chi connectivity index (χ2v) is 4.71. The van der Waals surface area contributed by atoms with Crippen LogP contribution in [0.25, 0.3) is 11.0 Å². The number of imidazole rings is 1. The van der Waals surface area contributed by atoms with E-state index in [1.807, 2.05) is 24.3 Å². The first-order chi connectivity index (χ1) is 9.78. The quantitative estimate of drug-likeness (QED) is 0.748. The van der Waals surface area contributed by atoms with Crippen LogP contribution in [0.15, 0.2) is 41.2 Å². The van der Waals surface area contributed by atoms with Gasteiger partial charge >= 0.3 is 0 Å². The van der Waals surface area contributed by atoms with Gasteiger partial charge in [-0.1, -0.05) is 12.1 Å². The van der Waals surface area contributed by atoms with E-state index in [2.05, 4.69) is 22.2 Å². The number of H-pyrrole nitrogens is 1. The molecule has 0 bridgehead atoms. The van der Waals surface area contributed by atoms with Gasteiger partial charge in [-0.2, -0.15) is 0 Å². The summed E-state index contributed by atoms with van der Waals surface area (Å²) in [7, 11) is 1.65. The summed E-state index contributed by atoms with van der Waals surface area (Å²) in [5.41, 5.74) is 1.84. The van der Waals surface area contributed by atoms with E-state index in [0.29, 0.717) is 0 Å². The number of para-hydroxylation sites is 1. The fraction of sp³-hybridized carbons (Fsp3) is 0.267. The van der Waals surface area contributed by atoms with Crippen LogP contribution in [0.5, 0.6) is 5.75 Å². The first-order valence-electron chi connectivity index (χ1n) is 6.55. The molecule has 0 spiro atoms. The van der Waals surface area contributed by atoms with Crippen molar-refractivity contribution >= 4 is 11.0 Å². The Bertz CT molecular complexity index is 688. The third kappa shape index (κ3) is 2.40. The van der Waals surface area contributed by atoms with Gasteiger partial charge < -0.3 is 19.5 Å². The molecule has 20 heavy (non-hydrogen) atoms. The van der Waals surface area contributed by atoms with Crippen LogP contribution in [-0.4, -0.2) is 17.1 Å². The van der Waals surface area contributed by atoms with Gasteiger partial charge in [0.2, 0.25) is 0 Å². The largest absolute Gasteiger partial charge is 0.493 e. The van der Waals surface area contributed by atoms with Crippen LogP contribution in [0, 0.1) is 0 Å². The molecule has 2 N–H and O–H groups in total. The van der Waals surface area contributed by atoms with Crippen LogP contribution >= 0.6 is 0 Å². The summed E-state index contributed by atoms with van der Waals surface area (Å²) < 4.78 is 11.2. The highest BCUT2D eigenvalue weighted by Crippen LogP contribution is 2.30. The first-order valence-corrected chi connectivity index (χ1v) is 6.55. The Balaban J connectivity index is 1.79. The molecule has 3 aromatic rings. The molecule has 0 fully saturated rings. The van der Waals surface area contributed by atoms with E-state index >= 15 is 0 Å². The second kappa shape index (κ2) is 5.38. The van der Waals surface area contributed by atoms with Crippen LogP contribution in [0.4, 0.5) is 0 Å². The zero-order valence-electron chi connectivity index (χ0n) is 11.5. The van der Waals surface area contributed by atoms with Crippen LogP contribution in [0.3, 0.4) is 0 Å². The Morgan fingerprint density at radius 1 is 1.45 bits per heavy atom.